The van der Waals surface area contributed by atoms with E-state index in [0.717, 1.165) is 56.7 Å². The van der Waals surface area contributed by atoms with Gasteiger partial charge < -0.3 is 20.1 Å². The van der Waals surface area contributed by atoms with E-state index in [1.807, 2.05) is 25.1 Å². The zero-order valence-electron chi connectivity index (χ0n) is 17.5. The van der Waals surface area contributed by atoms with E-state index in [2.05, 4.69) is 50.9 Å². The van der Waals surface area contributed by atoms with E-state index in [1.54, 1.807) is 7.05 Å². The Morgan fingerprint density at radius 3 is 2.28 bits per heavy atom. The first kappa shape index (κ1) is 21.1. The number of hydrogen-bond donors (Lipinski definition) is 2. The fourth-order valence-electron chi connectivity index (χ4n) is 3.41. The number of guanidine groups is 1. The molecule has 1 saturated heterocycles. The molecule has 0 aromatic heterocycles. The minimum absolute atomic E-state index is 0.657. The van der Waals surface area contributed by atoms with Gasteiger partial charge in [-0.05, 0) is 24.1 Å². The molecular formula is C23H32N4O2. The third-order valence-corrected chi connectivity index (χ3v) is 5.00. The maximum Gasteiger partial charge on any atom is 0.191 e. The second kappa shape index (κ2) is 11.4. The number of nitrogens with zero attached hydrogens (tertiary/aromatic N) is 2. The third-order valence-electron chi connectivity index (χ3n) is 5.00. The predicted molar refractivity (Wildman–Crippen MR) is 117 cm³/mol. The summed E-state index contributed by atoms with van der Waals surface area (Å²) in [4.78, 5) is 6.81. The molecule has 0 amide bonds. The maximum atomic E-state index is 5.71. The lowest BCUT2D eigenvalue weighted by Crippen LogP contribution is -2.37. The molecule has 1 heterocycles. The van der Waals surface area contributed by atoms with Crippen molar-refractivity contribution in [1.29, 1.82) is 0 Å². The summed E-state index contributed by atoms with van der Waals surface area (Å²) in [5.74, 6) is 1.69. The number of hydrogen-bond acceptors (Lipinski definition) is 4. The van der Waals surface area contributed by atoms with Gasteiger partial charge in [0.15, 0.2) is 5.96 Å². The molecule has 1 aliphatic rings. The average Bonchev–Trinajstić information content (AvgIpc) is 2.77. The lowest BCUT2D eigenvalue weighted by molar-refractivity contribution is 0.0341. The van der Waals surface area contributed by atoms with Gasteiger partial charge in [-0.15, -0.1) is 0 Å². The summed E-state index contributed by atoms with van der Waals surface area (Å²) in [5.41, 5.74) is 3.75. The Labute approximate surface area is 173 Å². The molecule has 0 spiro atoms. The first-order valence-electron chi connectivity index (χ1n) is 10.3. The van der Waals surface area contributed by atoms with Crippen LogP contribution in [0.5, 0.6) is 5.75 Å². The van der Waals surface area contributed by atoms with E-state index in [0.29, 0.717) is 13.2 Å². The van der Waals surface area contributed by atoms with Crippen LogP contribution in [0.15, 0.2) is 53.5 Å². The smallest absolute Gasteiger partial charge is 0.191 e. The summed E-state index contributed by atoms with van der Waals surface area (Å²) in [7, 11) is 1.80. The van der Waals surface area contributed by atoms with Gasteiger partial charge in [-0.25, -0.2) is 0 Å². The van der Waals surface area contributed by atoms with E-state index >= 15 is 0 Å². The van der Waals surface area contributed by atoms with Gasteiger partial charge in [-0.1, -0.05) is 42.5 Å². The molecule has 2 aromatic rings. The van der Waals surface area contributed by atoms with Crippen molar-refractivity contribution in [3.05, 3.63) is 65.2 Å². The number of benzene rings is 2. The van der Waals surface area contributed by atoms with Crippen LogP contribution < -0.4 is 15.4 Å². The van der Waals surface area contributed by atoms with Crippen molar-refractivity contribution in [3.63, 3.8) is 0 Å². The lowest BCUT2D eigenvalue weighted by atomic mass is 10.1. The number of rotatable bonds is 8. The topological polar surface area (TPSA) is 58.1 Å². The molecular weight excluding hydrogens is 364 g/mol. The van der Waals surface area contributed by atoms with Crippen molar-refractivity contribution < 1.29 is 9.47 Å². The van der Waals surface area contributed by atoms with Gasteiger partial charge >= 0.3 is 0 Å². The van der Waals surface area contributed by atoms with E-state index in [9.17, 15) is 0 Å². The number of para-hydroxylation sites is 1. The van der Waals surface area contributed by atoms with E-state index in [-0.39, 0.29) is 0 Å². The molecule has 3 rings (SSSR count). The van der Waals surface area contributed by atoms with Crippen LogP contribution in [0.4, 0.5) is 0 Å². The fourth-order valence-corrected chi connectivity index (χ4v) is 3.41. The molecule has 0 aliphatic carbocycles. The molecule has 156 valence electrons. The fraction of sp³-hybridized carbons (Fsp3) is 0.435. The van der Waals surface area contributed by atoms with Crippen LogP contribution in [0.1, 0.15) is 23.6 Å². The van der Waals surface area contributed by atoms with Gasteiger partial charge in [-0.2, -0.15) is 0 Å². The first-order valence-corrected chi connectivity index (χ1v) is 10.3. The van der Waals surface area contributed by atoms with Gasteiger partial charge in [0.1, 0.15) is 5.75 Å². The molecule has 0 unspecified atom stereocenters. The second-order valence-electron chi connectivity index (χ2n) is 6.98. The molecule has 0 saturated carbocycles. The van der Waals surface area contributed by atoms with Crippen LogP contribution in [0.3, 0.4) is 0 Å². The summed E-state index contributed by atoms with van der Waals surface area (Å²) >= 11 is 0. The van der Waals surface area contributed by atoms with Gasteiger partial charge in [0, 0.05) is 45.3 Å². The van der Waals surface area contributed by atoms with Crippen molar-refractivity contribution in [2.75, 3.05) is 40.0 Å². The second-order valence-corrected chi connectivity index (χ2v) is 6.98. The van der Waals surface area contributed by atoms with Crippen LogP contribution in [0.2, 0.25) is 0 Å². The molecule has 29 heavy (non-hydrogen) atoms. The molecule has 0 radical (unpaired) electrons. The quantitative estimate of drug-likeness (QED) is 0.531. The molecule has 6 nitrogen and oxygen atoms in total. The number of aliphatic imine (C=N–C) groups is 1. The largest absolute Gasteiger partial charge is 0.494 e. The van der Waals surface area contributed by atoms with E-state index in [1.165, 1.54) is 11.1 Å². The van der Waals surface area contributed by atoms with Gasteiger partial charge in [0.05, 0.1) is 19.8 Å². The highest BCUT2D eigenvalue weighted by atomic mass is 16.5. The normalized spacial score (nSPS) is 15.2. The number of nitrogens with one attached hydrogen (secondary N) is 2. The molecule has 1 aliphatic heterocycles. The Hall–Kier alpha value is -2.57. The zero-order chi connectivity index (χ0) is 20.3. The van der Waals surface area contributed by atoms with Gasteiger partial charge in [0.2, 0.25) is 0 Å². The van der Waals surface area contributed by atoms with Crippen molar-refractivity contribution in [2.45, 2.75) is 26.6 Å². The van der Waals surface area contributed by atoms with Crippen LogP contribution in [0.25, 0.3) is 0 Å². The average molecular weight is 397 g/mol. The van der Waals surface area contributed by atoms with Crippen molar-refractivity contribution >= 4 is 5.96 Å². The highest BCUT2D eigenvalue weighted by molar-refractivity contribution is 5.79. The summed E-state index contributed by atoms with van der Waals surface area (Å²) in [6.07, 6.45) is 0. The van der Waals surface area contributed by atoms with Crippen LogP contribution >= 0.6 is 0 Å². The summed E-state index contributed by atoms with van der Waals surface area (Å²) in [5, 5.41) is 6.83. The van der Waals surface area contributed by atoms with Crippen LogP contribution in [0, 0.1) is 0 Å². The summed E-state index contributed by atoms with van der Waals surface area (Å²) in [6.45, 7) is 8.62. The van der Waals surface area contributed by atoms with Crippen molar-refractivity contribution in [1.82, 2.24) is 15.5 Å². The van der Waals surface area contributed by atoms with Gasteiger partial charge in [0.25, 0.3) is 0 Å². The Morgan fingerprint density at radius 2 is 1.59 bits per heavy atom. The minimum atomic E-state index is 0.657. The summed E-state index contributed by atoms with van der Waals surface area (Å²) < 4.78 is 11.2. The molecule has 6 heteroatoms. The first-order chi connectivity index (χ1) is 14.3. The standard InChI is InChI=1S/C23H32N4O2/c1-3-29-22-11-7-6-9-20(22)17-26-23(24-2)25-16-19-8-4-5-10-21(19)18-27-12-14-28-15-13-27/h4-11H,3,12-18H2,1-2H3,(H2,24,25,26). The molecule has 2 N–H and O–H groups in total. The van der Waals surface area contributed by atoms with E-state index in [4.69, 9.17) is 9.47 Å². The van der Waals surface area contributed by atoms with Crippen LogP contribution in [-0.4, -0.2) is 50.8 Å². The molecule has 0 bridgehead atoms. The van der Waals surface area contributed by atoms with Crippen LogP contribution in [-0.2, 0) is 24.4 Å². The summed E-state index contributed by atoms with van der Waals surface area (Å²) in [6, 6.07) is 16.7. The highest BCUT2D eigenvalue weighted by Gasteiger charge is 2.13. The highest BCUT2D eigenvalue weighted by Crippen LogP contribution is 2.17. The Balaban J connectivity index is 1.56. The SMILES string of the molecule is CCOc1ccccc1CNC(=NC)NCc1ccccc1CN1CCOCC1. The van der Waals surface area contributed by atoms with E-state index < -0.39 is 0 Å². The van der Waals surface area contributed by atoms with Crippen molar-refractivity contribution in [3.8, 4) is 5.75 Å². The number of ether oxygens (including phenoxy) is 2. The molecule has 1 fully saturated rings. The maximum absolute atomic E-state index is 5.71. The number of morpholine rings is 1. The predicted octanol–water partition coefficient (Wildman–Crippen LogP) is 2.78. The third kappa shape index (κ3) is 6.48. The lowest BCUT2D eigenvalue weighted by Gasteiger charge is -2.27. The Kier molecular flexibility index (Phi) is 8.34. The van der Waals surface area contributed by atoms with Gasteiger partial charge in [-0.3, -0.25) is 9.89 Å². The Morgan fingerprint density at radius 1 is 0.966 bits per heavy atom. The monoisotopic (exact) mass is 396 g/mol. The minimum Gasteiger partial charge on any atom is -0.494 e. The molecule has 2 aromatic carbocycles. The molecule has 0 atom stereocenters. The van der Waals surface area contributed by atoms with Crippen molar-refractivity contribution in [2.24, 2.45) is 4.99 Å². The Bertz CT molecular complexity index is 788. The zero-order valence-corrected chi connectivity index (χ0v) is 17.5.